The Hall–Kier alpha value is -1.34. The second-order valence-electron chi connectivity index (χ2n) is 5.39. The molecule has 0 saturated heterocycles. The van der Waals surface area contributed by atoms with Gasteiger partial charge in [0.15, 0.2) is 0 Å². The predicted octanol–water partition coefficient (Wildman–Crippen LogP) is 0.685. The summed E-state index contributed by atoms with van der Waals surface area (Å²) < 4.78 is 24.2. The zero-order chi connectivity index (χ0) is 14.3. The van der Waals surface area contributed by atoms with Crippen LogP contribution in [0.3, 0.4) is 0 Å². The van der Waals surface area contributed by atoms with Gasteiger partial charge in [0.05, 0.1) is 0 Å². The normalized spacial score (nSPS) is 17.2. The van der Waals surface area contributed by atoms with Crippen LogP contribution in [0.1, 0.15) is 37.2 Å². The number of nitrogens with one attached hydrogen (secondary N) is 1. The van der Waals surface area contributed by atoms with Gasteiger partial charge in [-0.15, -0.1) is 0 Å². The highest BCUT2D eigenvalue weighted by Gasteiger charge is 2.37. The third-order valence-corrected chi connectivity index (χ3v) is 4.43. The van der Waals surface area contributed by atoms with Gasteiger partial charge >= 0.3 is 0 Å². The van der Waals surface area contributed by atoms with E-state index in [0.29, 0.717) is 18.8 Å². The van der Waals surface area contributed by atoms with Crippen LogP contribution in [0.25, 0.3) is 0 Å². The van der Waals surface area contributed by atoms with Crippen molar-refractivity contribution >= 4 is 15.9 Å². The van der Waals surface area contributed by atoms with Crippen molar-refractivity contribution in [3.05, 3.63) is 18.0 Å². The summed E-state index contributed by atoms with van der Waals surface area (Å²) in [5, 5.41) is 7.92. The van der Waals surface area contributed by atoms with Gasteiger partial charge < -0.3 is 9.88 Å². The van der Waals surface area contributed by atoms with Crippen LogP contribution in [0.5, 0.6) is 0 Å². The fraction of sp³-hybridized carbons (Fsp3) is 0.583. The Labute approximate surface area is 113 Å². The minimum Gasteiger partial charge on any atom is -0.350 e. The highest BCUT2D eigenvalue weighted by Crippen LogP contribution is 2.44. The first kappa shape index (κ1) is 14.1. The lowest BCUT2D eigenvalue weighted by molar-refractivity contribution is 0.0937. The van der Waals surface area contributed by atoms with E-state index < -0.39 is 10.0 Å². The van der Waals surface area contributed by atoms with Gasteiger partial charge in [-0.1, -0.05) is 6.92 Å². The van der Waals surface area contributed by atoms with Gasteiger partial charge in [0.1, 0.15) is 10.6 Å². The number of hydrogen-bond donors (Lipinski definition) is 2. The molecule has 0 aromatic carbocycles. The zero-order valence-corrected chi connectivity index (χ0v) is 12.0. The van der Waals surface area contributed by atoms with Crippen LogP contribution in [-0.2, 0) is 16.6 Å². The van der Waals surface area contributed by atoms with Crippen LogP contribution in [0.4, 0.5) is 0 Å². The van der Waals surface area contributed by atoms with Crippen molar-refractivity contribution in [1.82, 2.24) is 9.88 Å². The summed E-state index contributed by atoms with van der Waals surface area (Å²) in [6.07, 6.45) is 3.62. The molecule has 1 aliphatic carbocycles. The lowest BCUT2D eigenvalue weighted by Crippen LogP contribution is -2.30. The Bertz CT molecular complexity index is 600. The van der Waals surface area contributed by atoms with Crippen LogP contribution in [0.15, 0.2) is 17.2 Å². The van der Waals surface area contributed by atoms with Gasteiger partial charge in [0, 0.05) is 19.3 Å². The minimum atomic E-state index is -3.78. The molecule has 0 atom stereocenters. The summed E-state index contributed by atoms with van der Waals surface area (Å²) >= 11 is 0. The fourth-order valence-corrected chi connectivity index (χ4v) is 2.42. The summed E-state index contributed by atoms with van der Waals surface area (Å²) in [6, 6.07) is 1.32. The van der Waals surface area contributed by atoms with Crippen LogP contribution >= 0.6 is 0 Å². The lowest BCUT2D eigenvalue weighted by atomic mass is 10.1. The second kappa shape index (κ2) is 4.64. The number of aromatic nitrogens is 1. The molecule has 7 heteroatoms. The molecular weight excluding hydrogens is 266 g/mol. The summed E-state index contributed by atoms with van der Waals surface area (Å²) in [5.74, 6) is -0.259. The molecule has 0 spiro atoms. The SMILES string of the molecule is CCn1cc(S(N)(=O)=O)cc1C(=O)NCC1(C)CC1. The number of hydrogen-bond acceptors (Lipinski definition) is 3. The number of sulfonamides is 1. The monoisotopic (exact) mass is 285 g/mol. The topological polar surface area (TPSA) is 94.2 Å². The number of rotatable bonds is 5. The van der Waals surface area contributed by atoms with Gasteiger partial charge in [0.25, 0.3) is 5.91 Å². The van der Waals surface area contributed by atoms with Gasteiger partial charge in [0.2, 0.25) is 10.0 Å². The third kappa shape index (κ3) is 3.16. The maximum atomic E-state index is 12.1. The molecule has 1 fully saturated rings. The van der Waals surface area contributed by atoms with E-state index in [2.05, 4.69) is 12.2 Å². The largest absolute Gasteiger partial charge is 0.350 e. The number of nitrogens with zero attached hydrogens (tertiary/aromatic N) is 1. The molecule has 1 aromatic heterocycles. The Morgan fingerprint density at radius 1 is 1.53 bits per heavy atom. The number of amides is 1. The first-order valence-corrected chi connectivity index (χ1v) is 7.81. The van der Waals surface area contributed by atoms with Crippen LogP contribution in [0.2, 0.25) is 0 Å². The number of aryl methyl sites for hydroxylation is 1. The Balaban J connectivity index is 2.18. The van der Waals surface area contributed by atoms with Crippen LogP contribution < -0.4 is 10.5 Å². The maximum absolute atomic E-state index is 12.1. The number of carbonyl (C=O) groups is 1. The van der Waals surface area contributed by atoms with Crippen molar-refractivity contribution in [2.45, 2.75) is 38.1 Å². The summed E-state index contributed by atoms with van der Waals surface area (Å²) in [5.41, 5.74) is 0.540. The predicted molar refractivity (Wildman–Crippen MR) is 71.2 cm³/mol. The molecule has 2 rings (SSSR count). The molecule has 0 unspecified atom stereocenters. The fourth-order valence-electron chi connectivity index (χ4n) is 1.87. The Morgan fingerprint density at radius 2 is 2.16 bits per heavy atom. The van der Waals surface area contributed by atoms with Gasteiger partial charge in [-0.3, -0.25) is 4.79 Å². The molecule has 1 amide bonds. The zero-order valence-electron chi connectivity index (χ0n) is 11.1. The van der Waals surface area contributed by atoms with E-state index >= 15 is 0 Å². The van der Waals surface area contributed by atoms with Gasteiger partial charge in [-0.2, -0.15) is 0 Å². The van der Waals surface area contributed by atoms with Crippen LogP contribution in [-0.4, -0.2) is 25.4 Å². The third-order valence-electron chi connectivity index (χ3n) is 3.55. The summed E-state index contributed by atoms with van der Waals surface area (Å²) in [7, 11) is -3.78. The van der Waals surface area contributed by atoms with Crippen molar-refractivity contribution in [2.24, 2.45) is 10.6 Å². The van der Waals surface area contributed by atoms with Crippen molar-refractivity contribution in [1.29, 1.82) is 0 Å². The van der Waals surface area contributed by atoms with Crippen molar-refractivity contribution in [2.75, 3.05) is 6.54 Å². The molecule has 1 saturated carbocycles. The molecule has 6 nitrogen and oxygen atoms in total. The first-order chi connectivity index (χ1) is 8.75. The molecule has 1 aliphatic rings. The van der Waals surface area contributed by atoms with Gasteiger partial charge in [-0.25, -0.2) is 13.6 Å². The standard InChI is InChI=1S/C12H19N3O3S/c1-3-15-7-9(19(13,17)18)6-10(15)11(16)14-8-12(2)4-5-12/h6-7H,3-5,8H2,1-2H3,(H,14,16)(H2,13,17,18). The van der Waals surface area contributed by atoms with E-state index in [1.807, 2.05) is 6.92 Å². The Kier molecular flexibility index (Phi) is 3.44. The maximum Gasteiger partial charge on any atom is 0.267 e. The molecule has 106 valence electrons. The van der Waals surface area contributed by atoms with Crippen molar-refractivity contribution < 1.29 is 13.2 Å². The average Bonchev–Trinajstić information content (AvgIpc) is 2.91. The molecule has 1 aromatic rings. The van der Waals surface area contributed by atoms with E-state index in [9.17, 15) is 13.2 Å². The Morgan fingerprint density at radius 3 is 2.63 bits per heavy atom. The first-order valence-electron chi connectivity index (χ1n) is 6.26. The minimum absolute atomic E-state index is 0.0304. The van der Waals surface area contributed by atoms with E-state index in [1.54, 1.807) is 4.57 Å². The van der Waals surface area contributed by atoms with Crippen molar-refractivity contribution in [3.8, 4) is 0 Å². The number of primary sulfonamides is 1. The summed E-state index contributed by atoms with van der Waals surface area (Å²) in [6.45, 7) is 5.08. The van der Waals surface area contributed by atoms with E-state index in [-0.39, 0.29) is 16.2 Å². The molecule has 1 heterocycles. The van der Waals surface area contributed by atoms with Gasteiger partial charge in [-0.05, 0) is 31.2 Å². The van der Waals surface area contributed by atoms with E-state index in [1.165, 1.54) is 12.3 Å². The van der Waals surface area contributed by atoms with E-state index in [0.717, 1.165) is 12.8 Å². The smallest absolute Gasteiger partial charge is 0.267 e. The summed E-state index contributed by atoms with van der Waals surface area (Å²) in [4.78, 5) is 12.0. The number of carbonyl (C=O) groups excluding carboxylic acids is 1. The molecule has 0 aliphatic heterocycles. The molecule has 0 bridgehead atoms. The van der Waals surface area contributed by atoms with Crippen molar-refractivity contribution in [3.63, 3.8) is 0 Å². The molecule has 0 radical (unpaired) electrons. The van der Waals surface area contributed by atoms with E-state index in [4.69, 9.17) is 5.14 Å². The quantitative estimate of drug-likeness (QED) is 0.833. The highest BCUT2D eigenvalue weighted by atomic mass is 32.2. The molecule has 3 N–H and O–H groups in total. The molecular formula is C12H19N3O3S. The highest BCUT2D eigenvalue weighted by molar-refractivity contribution is 7.89. The molecule has 19 heavy (non-hydrogen) atoms. The second-order valence-corrected chi connectivity index (χ2v) is 6.95. The van der Waals surface area contributed by atoms with Crippen LogP contribution in [0, 0.1) is 5.41 Å². The number of nitrogens with two attached hydrogens (primary N) is 1. The lowest BCUT2D eigenvalue weighted by Gasteiger charge is -2.11. The average molecular weight is 285 g/mol.